The second-order valence-corrected chi connectivity index (χ2v) is 6.43. The normalized spacial score (nSPS) is 17.0. The van der Waals surface area contributed by atoms with E-state index in [4.69, 9.17) is 5.73 Å². The van der Waals surface area contributed by atoms with Crippen LogP contribution in [-0.2, 0) is 0 Å². The Kier molecular flexibility index (Phi) is 3.87. The molecule has 0 unspecified atom stereocenters. The fourth-order valence-corrected chi connectivity index (χ4v) is 3.81. The summed E-state index contributed by atoms with van der Waals surface area (Å²) in [5.74, 6) is -0.0319. The summed E-state index contributed by atoms with van der Waals surface area (Å²) < 4.78 is 0.969. The van der Waals surface area contributed by atoms with Crippen LogP contribution in [0, 0.1) is 0 Å². The Morgan fingerprint density at radius 2 is 2.05 bits per heavy atom. The van der Waals surface area contributed by atoms with Crippen LogP contribution in [0.3, 0.4) is 0 Å². The van der Waals surface area contributed by atoms with Crippen LogP contribution >= 0.6 is 11.3 Å². The molecule has 1 fully saturated rings. The number of nitrogens with two attached hydrogens (primary N) is 1. The van der Waals surface area contributed by atoms with Crippen LogP contribution in [0.1, 0.15) is 48.2 Å². The summed E-state index contributed by atoms with van der Waals surface area (Å²) in [6.07, 6.45) is 10.6. The molecular weight excluding hydrogens is 270 g/mol. The van der Waals surface area contributed by atoms with E-state index >= 15 is 0 Å². The number of aromatic nitrogens is 1. The molecule has 3 rings (SSSR count). The largest absolute Gasteiger partial charge is 0.397 e. The number of rotatable bonds is 2. The quantitative estimate of drug-likeness (QED) is 0.833. The zero-order valence-corrected chi connectivity index (χ0v) is 12.2. The number of hydrogen-bond acceptors (Lipinski definition) is 4. The van der Waals surface area contributed by atoms with Crippen molar-refractivity contribution in [2.24, 2.45) is 0 Å². The molecule has 0 atom stereocenters. The number of nitrogen functional groups attached to an aromatic ring is 1. The summed E-state index contributed by atoms with van der Waals surface area (Å²) >= 11 is 1.43. The molecule has 0 aromatic carbocycles. The highest BCUT2D eigenvalue weighted by molar-refractivity contribution is 7.21. The Morgan fingerprint density at radius 3 is 2.75 bits per heavy atom. The van der Waals surface area contributed by atoms with Crippen LogP contribution in [-0.4, -0.2) is 16.9 Å². The van der Waals surface area contributed by atoms with E-state index in [9.17, 15) is 4.79 Å². The van der Waals surface area contributed by atoms with Gasteiger partial charge >= 0.3 is 0 Å². The van der Waals surface area contributed by atoms with Crippen LogP contribution in [0.2, 0.25) is 0 Å². The van der Waals surface area contributed by atoms with Gasteiger partial charge in [-0.15, -0.1) is 11.3 Å². The first kappa shape index (κ1) is 13.4. The number of hydrogen-bond donors (Lipinski definition) is 2. The molecule has 0 bridgehead atoms. The Labute approximate surface area is 122 Å². The molecule has 1 aliphatic rings. The van der Waals surface area contributed by atoms with Gasteiger partial charge < -0.3 is 11.1 Å². The van der Waals surface area contributed by atoms with Crippen molar-refractivity contribution < 1.29 is 4.79 Å². The molecular formula is C15H19N3OS. The second kappa shape index (κ2) is 5.79. The maximum atomic E-state index is 12.4. The van der Waals surface area contributed by atoms with Crippen molar-refractivity contribution in [3.05, 3.63) is 23.3 Å². The minimum Gasteiger partial charge on any atom is -0.397 e. The van der Waals surface area contributed by atoms with Gasteiger partial charge in [0.15, 0.2) is 0 Å². The number of nitrogens with zero attached hydrogens (tertiary/aromatic N) is 1. The number of fused-ring (bicyclic) bond motifs is 1. The van der Waals surface area contributed by atoms with Crippen LogP contribution < -0.4 is 11.1 Å². The van der Waals surface area contributed by atoms with E-state index in [1.54, 1.807) is 12.4 Å². The summed E-state index contributed by atoms with van der Waals surface area (Å²) in [6, 6.07) is 2.16. The number of carbonyl (C=O) groups excluding carboxylic acids is 1. The predicted molar refractivity (Wildman–Crippen MR) is 83.0 cm³/mol. The highest BCUT2D eigenvalue weighted by atomic mass is 32.1. The molecule has 2 heterocycles. The number of anilines is 1. The first-order valence-electron chi connectivity index (χ1n) is 7.18. The van der Waals surface area contributed by atoms with Gasteiger partial charge in [0.2, 0.25) is 0 Å². The van der Waals surface area contributed by atoms with Crippen LogP contribution in [0.5, 0.6) is 0 Å². The second-order valence-electron chi connectivity index (χ2n) is 5.38. The molecule has 2 aromatic rings. The average Bonchev–Trinajstić information content (AvgIpc) is 2.64. The Morgan fingerprint density at radius 1 is 1.30 bits per heavy atom. The van der Waals surface area contributed by atoms with Gasteiger partial charge in [-0.1, -0.05) is 25.7 Å². The van der Waals surface area contributed by atoms with E-state index < -0.39 is 0 Å². The number of amides is 1. The fraction of sp³-hybridized carbons (Fsp3) is 0.467. The fourth-order valence-electron chi connectivity index (χ4n) is 2.81. The van der Waals surface area contributed by atoms with Crippen molar-refractivity contribution in [3.8, 4) is 0 Å². The van der Waals surface area contributed by atoms with Crippen molar-refractivity contribution in [3.63, 3.8) is 0 Å². The highest BCUT2D eigenvalue weighted by Gasteiger charge is 2.20. The molecule has 0 aliphatic heterocycles. The maximum absolute atomic E-state index is 12.4. The van der Waals surface area contributed by atoms with E-state index in [0.717, 1.165) is 22.9 Å². The zero-order valence-electron chi connectivity index (χ0n) is 11.4. The number of thiophene rings is 1. The van der Waals surface area contributed by atoms with Crippen LogP contribution in [0.15, 0.2) is 18.5 Å². The maximum Gasteiger partial charge on any atom is 0.263 e. The Bertz CT molecular complexity index is 615. The van der Waals surface area contributed by atoms with Gasteiger partial charge in [0.25, 0.3) is 5.91 Å². The van der Waals surface area contributed by atoms with Gasteiger partial charge in [0.1, 0.15) is 4.88 Å². The number of pyridine rings is 1. The minimum absolute atomic E-state index is 0.0319. The first-order chi connectivity index (χ1) is 9.75. The summed E-state index contributed by atoms with van der Waals surface area (Å²) in [5, 5.41) is 4.07. The van der Waals surface area contributed by atoms with E-state index in [0.29, 0.717) is 16.6 Å². The first-order valence-corrected chi connectivity index (χ1v) is 8.00. The summed E-state index contributed by atoms with van der Waals surface area (Å²) in [5.41, 5.74) is 6.68. The minimum atomic E-state index is -0.0319. The molecule has 0 radical (unpaired) electrons. The molecule has 1 amide bonds. The summed E-state index contributed by atoms with van der Waals surface area (Å²) in [7, 11) is 0. The standard InChI is InChI=1S/C15H19N3OS/c16-13-11-7-8-17-9-12(11)20-14(13)15(19)18-10-5-3-1-2-4-6-10/h7-10H,1-6,16H2,(H,18,19). The molecule has 106 valence electrons. The van der Waals surface area contributed by atoms with E-state index in [1.807, 2.05) is 6.07 Å². The van der Waals surface area contributed by atoms with Gasteiger partial charge in [-0.25, -0.2) is 0 Å². The molecule has 20 heavy (non-hydrogen) atoms. The molecule has 4 nitrogen and oxygen atoms in total. The van der Waals surface area contributed by atoms with Gasteiger partial charge in [-0.05, 0) is 18.9 Å². The Balaban J connectivity index is 1.79. The lowest BCUT2D eigenvalue weighted by atomic mass is 10.1. The molecule has 0 saturated heterocycles. The van der Waals surface area contributed by atoms with Crippen molar-refractivity contribution in [1.29, 1.82) is 0 Å². The smallest absolute Gasteiger partial charge is 0.263 e. The predicted octanol–water partition coefficient (Wildman–Crippen LogP) is 3.33. The number of carbonyl (C=O) groups is 1. The molecule has 1 aliphatic carbocycles. The third kappa shape index (κ3) is 2.63. The molecule has 2 aromatic heterocycles. The monoisotopic (exact) mass is 289 g/mol. The third-order valence-corrected chi connectivity index (χ3v) is 5.08. The lowest BCUT2D eigenvalue weighted by molar-refractivity contribution is 0.0938. The molecule has 1 saturated carbocycles. The van der Waals surface area contributed by atoms with Crippen molar-refractivity contribution >= 4 is 33.0 Å². The van der Waals surface area contributed by atoms with E-state index in [1.165, 1.54) is 37.0 Å². The third-order valence-electron chi connectivity index (χ3n) is 3.93. The average molecular weight is 289 g/mol. The lowest BCUT2D eigenvalue weighted by Crippen LogP contribution is -2.34. The van der Waals surface area contributed by atoms with Crippen molar-refractivity contribution in [1.82, 2.24) is 10.3 Å². The number of nitrogens with one attached hydrogen (secondary N) is 1. The zero-order chi connectivity index (χ0) is 13.9. The highest BCUT2D eigenvalue weighted by Crippen LogP contribution is 2.33. The van der Waals surface area contributed by atoms with Crippen molar-refractivity contribution in [2.75, 3.05) is 5.73 Å². The van der Waals surface area contributed by atoms with Gasteiger partial charge in [0, 0.05) is 23.8 Å². The van der Waals surface area contributed by atoms with E-state index in [-0.39, 0.29) is 5.91 Å². The summed E-state index contributed by atoms with van der Waals surface area (Å²) in [6.45, 7) is 0. The topological polar surface area (TPSA) is 68.0 Å². The Hall–Kier alpha value is -1.62. The SMILES string of the molecule is Nc1c(C(=O)NC2CCCCCC2)sc2cnccc12. The molecule has 5 heteroatoms. The van der Waals surface area contributed by atoms with Crippen LogP contribution in [0.25, 0.3) is 10.1 Å². The van der Waals surface area contributed by atoms with E-state index in [2.05, 4.69) is 10.3 Å². The summed E-state index contributed by atoms with van der Waals surface area (Å²) in [4.78, 5) is 17.1. The van der Waals surface area contributed by atoms with Gasteiger partial charge in [0.05, 0.1) is 10.4 Å². The lowest BCUT2D eigenvalue weighted by Gasteiger charge is -2.15. The van der Waals surface area contributed by atoms with Crippen molar-refractivity contribution in [2.45, 2.75) is 44.6 Å². The molecule has 3 N–H and O–H groups in total. The van der Waals surface area contributed by atoms with Crippen LogP contribution in [0.4, 0.5) is 5.69 Å². The van der Waals surface area contributed by atoms with Gasteiger partial charge in [-0.2, -0.15) is 0 Å². The molecule has 0 spiro atoms. The van der Waals surface area contributed by atoms with Gasteiger partial charge in [-0.3, -0.25) is 9.78 Å².